The van der Waals surface area contributed by atoms with Gasteiger partial charge in [-0.1, -0.05) is 25.0 Å². The fourth-order valence-corrected chi connectivity index (χ4v) is 4.60. The Labute approximate surface area is 176 Å². The summed E-state index contributed by atoms with van der Waals surface area (Å²) in [6, 6.07) is 15.5. The molecule has 3 aromatic rings. The SMILES string of the molecule is CS(=O)(=O)c1cccc(CNc2ccc3ncc(C#N)c(NC4CCCC4)c3c2)c1. The van der Waals surface area contributed by atoms with Gasteiger partial charge in [0.15, 0.2) is 9.84 Å². The number of rotatable bonds is 6. The molecule has 1 aliphatic rings. The standard InChI is InChI=1S/C23H24N4O2S/c1-30(28,29)20-8-4-5-16(11-20)14-25-19-9-10-22-21(12-19)23(17(13-24)15-26-22)27-18-6-2-3-7-18/h4-5,8-12,15,18,25H,2-3,6-7,14H2,1H3,(H,26,27). The Kier molecular flexibility index (Phi) is 5.60. The van der Waals surface area contributed by atoms with Gasteiger partial charge in [0.25, 0.3) is 0 Å². The van der Waals surface area contributed by atoms with Gasteiger partial charge in [-0.2, -0.15) is 5.26 Å². The lowest BCUT2D eigenvalue weighted by Crippen LogP contribution is -2.16. The highest BCUT2D eigenvalue weighted by Crippen LogP contribution is 2.31. The molecule has 30 heavy (non-hydrogen) atoms. The lowest BCUT2D eigenvalue weighted by molar-refractivity contribution is 0.601. The highest BCUT2D eigenvalue weighted by Gasteiger charge is 2.18. The van der Waals surface area contributed by atoms with Gasteiger partial charge in [-0.05, 0) is 48.7 Å². The molecule has 2 aromatic carbocycles. The number of hydrogen-bond acceptors (Lipinski definition) is 6. The average molecular weight is 421 g/mol. The summed E-state index contributed by atoms with van der Waals surface area (Å²) in [6.45, 7) is 0.492. The summed E-state index contributed by atoms with van der Waals surface area (Å²) in [7, 11) is -3.24. The maximum absolute atomic E-state index is 11.8. The van der Waals surface area contributed by atoms with Crippen molar-refractivity contribution in [2.24, 2.45) is 0 Å². The van der Waals surface area contributed by atoms with Crippen molar-refractivity contribution < 1.29 is 8.42 Å². The van der Waals surface area contributed by atoms with Crippen LogP contribution >= 0.6 is 0 Å². The lowest BCUT2D eigenvalue weighted by Gasteiger charge is -2.17. The molecule has 0 spiro atoms. The molecule has 2 N–H and O–H groups in total. The molecule has 0 atom stereocenters. The second-order valence-electron chi connectivity index (χ2n) is 7.79. The van der Waals surface area contributed by atoms with Crippen LogP contribution in [0, 0.1) is 11.3 Å². The largest absolute Gasteiger partial charge is 0.381 e. The van der Waals surface area contributed by atoms with E-state index < -0.39 is 9.84 Å². The number of anilines is 2. The van der Waals surface area contributed by atoms with Gasteiger partial charge < -0.3 is 10.6 Å². The zero-order valence-corrected chi connectivity index (χ0v) is 17.7. The Morgan fingerprint density at radius 3 is 2.70 bits per heavy atom. The summed E-state index contributed by atoms with van der Waals surface area (Å²) < 4.78 is 23.6. The van der Waals surface area contributed by atoms with E-state index in [4.69, 9.17) is 0 Å². The van der Waals surface area contributed by atoms with Gasteiger partial charge in [0.2, 0.25) is 0 Å². The molecule has 0 unspecified atom stereocenters. The first-order chi connectivity index (χ1) is 14.4. The molecule has 1 saturated carbocycles. The molecule has 0 saturated heterocycles. The number of sulfone groups is 1. The van der Waals surface area contributed by atoms with Crippen LogP contribution in [0.5, 0.6) is 0 Å². The predicted octanol–water partition coefficient (Wildman–Crippen LogP) is 4.48. The monoisotopic (exact) mass is 420 g/mol. The molecule has 1 aliphatic carbocycles. The van der Waals surface area contributed by atoms with Crippen molar-refractivity contribution >= 4 is 32.1 Å². The Morgan fingerprint density at radius 2 is 1.97 bits per heavy atom. The van der Waals surface area contributed by atoms with E-state index in [1.807, 2.05) is 24.3 Å². The first-order valence-corrected chi connectivity index (χ1v) is 12.0. The number of aromatic nitrogens is 1. The van der Waals surface area contributed by atoms with Crippen LogP contribution in [0.1, 0.15) is 36.8 Å². The highest BCUT2D eigenvalue weighted by molar-refractivity contribution is 7.90. The van der Waals surface area contributed by atoms with Gasteiger partial charge in [-0.25, -0.2) is 8.42 Å². The first kappa shape index (κ1) is 20.2. The molecule has 1 aromatic heterocycles. The number of hydrogen-bond donors (Lipinski definition) is 2. The van der Waals surface area contributed by atoms with E-state index in [1.54, 1.807) is 24.4 Å². The molecule has 0 amide bonds. The quantitative estimate of drug-likeness (QED) is 0.611. The summed E-state index contributed by atoms with van der Waals surface area (Å²) >= 11 is 0. The van der Waals surface area contributed by atoms with Crippen LogP contribution in [0.4, 0.5) is 11.4 Å². The van der Waals surface area contributed by atoms with E-state index in [9.17, 15) is 13.7 Å². The van der Waals surface area contributed by atoms with Crippen molar-refractivity contribution in [1.82, 2.24) is 4.98 Å². The Bertz CT molecular complexity index is 1230. The zero-order chi connectivity index (χ0) is 21.1. The highest BCUT2D eigenvalue weighted by atomic mass is 32.2. The average Bonchev–Trinajstić information content (AvgIpc) is 3.25. The molecule has 0 aliphatic heterocycles. The number of nitriles is 1. The summed E-state index contributed by atoms with van der Waals surface area (Å²) in [5.41, 5.74) is 3.99. The summed E-state index contributed by atoms with van der Waals surface area (Å²) in [4.78, 5) is 4.74. The Hall–Kier alpha value is -3.11. The third-order valence-corrected chi connectivity index (χ3v) is 6.63. The third kappa shape index (κ3) is 4.39. The fourth-order valence-electron chi connectivity index (χ4n) is 3.91. The van der Waals surface area contributed by atoms with Crippen LogP contribution in [0.25, 0.3) is 10.9 Å². The third-order valence-electron chi connectivity index (χ3n) is 5.52. The van der Waals surface area contributed by atoms with Crippen LogP contribution in [0.2, 0.25) is 0 Å². The van der Waals surface area contributed by atoms with Crippen LogP contribution in [-0.2, 0) is 16.4 Å². The smallest absolute Gasteiger partial charge is 0.175 e. The minimum atomic E-state index is -3.24. The predicted molar refractivity (Wildman–Crippen MR) is 119 cm³/mol. The molecule has 0 radical (unpaired) electrons. The van der Waals surface area contributed by atoms with E-state index in [0.717, 1.165) is 40.7 Å². The van der Waals surface area contributed by atoms with Gasteiger partial charge in [-0.15, -0.1) is 0 Å². The Morgan fingerprint density at radius 1 is 1.17 bits per heavy atom. The number of nitrogens with one attached hydrogen (secondary N) is 2. The van der Waals surface area contributed by atoms with E-state index in [1.165, 1.54) is 19.1 Å². The minimum Gasteiger partial charge on any atom is -0.381 e. The van der Waals surface area contributed by atoms with Crippen molar-refractivity contribution in [3.63, 3.8) is 0 Å². The number of nitrogens with zero attached hydrogens (tertiary/aromatic N) is 2. The Balaban J connectivity index is 1.62. The molecular weight excluding hydrogens is 396 g/mol. The lowest BCUT2D eigenvalue weighted by atomic mass is 10.1. The molecule has 6 nitrogen and oxygen atoms in total. The second-order valence-corrected chi connectivity index (χ2v) is 9.81. The summed E-state index contributed by atoms with van der Waals surface area (Å²) in [6.07, 6.45) is 7.49. The van der Waals surface area contributed by atoms with Gasteiger partial charge in [-0.3, -0.25) is 4.98 Å². The van der Waals surface area contributed by atoms with Crippen molar-refractivity contribution in [3.05, 3.63) is 59.8 Å². The molecule has 7 heteroatoms. The molecule has 1 fully saturated rings. The van der Waals surface area contributed by atoms with Gasteiger partial charge in [0.1, 0.15) is 6.07 Å². The van der Waals surface area contributed by atoms with E-state index in [2.05, 4.69) is 21.7 Å². The fraction of sp³-hybridized carbons (Fsp3) is 0.304. The molecule has 1 heterocycles. The van der Waals surface area contributed by atoms with E-state index in [0.29, 0.717) is 23.0 Å². The topological polar surface area (TPSA) is 94.9 Å². The summed E-state index contributed by atoms with van der Waals surface area (Å²) in [5, 5.41) is 17.4. The number of pyridine rings is 1. The van der Waals surface area contributed by atoms with Crippen LogP contribution in [-0.4, -0.2) is 25.7 Å². The van der Waals surface area contributed by atoms with Crippen molar-refractivity contribution in [2.75, 3.05) is 16.9 Å². The maximum atomic E-state index is 11.8. The number of benzene rings is 2. The van der Waals surface area contributed by atoms with Gasteiger partial charge in [0, 0.05) is 36.1 Å². The summed E-state index contributed by atoms with van der Waals surface area (Å²) in [5.74, 6) is 0. The molecular formula is C23H24N4O2S. The van der Waals surface area contributed by atoms with E-state index >= 15 is 0 Å². The minimum absolute atomic E-state index is 0.311. The second kappa shape index (κ2) is 8.33. The van der Waals surface area contributed by atoms with E-state index in [-0.39, 0.29) is 0 Å². The van der Waals surface area contributed by atoms with Crippen LogP contribution in [0.3, 0.4) is 0 Å². The van der Waals surface area contributed by atoms with Gasteiger partial charge in [0.05, 0.1) is 21.7 Å². The molecule has 154 valence electrons. The van der Waals surface area contributed by atoms with Crippen molar-refractivity contribution in [3.8, 4) is 6.07 Å². The molecule has 4 rings (SSSR count). The van der Waals surface area contributed by atoms with Crippen LogP contribution < -0.4 is 10.6 Å². The zero-order valence-electron chi connectivity index (χ0n) is 16.9. The molecule has 0 bridgehead atoms. The van der Waals surface area contributed by atoms with Crippen molar-refractivity contribution in [1.29, 1.82) is 5.26 Å². The maximum Gasteiger partial charge on any atom is 0.175 e. The normalized spacial score (nSPS) is 14.5. The first-order valence-electron chi connectivity index (χ1n) is 10.1. The number of fused-ring (bicyclic) bond motifs is 1. The van der Waals surface area contributed by atoms with Gasteiger partial charge >= 0.3 is 0 Å². The van der Waals surface area contributed by atoms with Crippen LogP contribution in [0.15, 0.2) is 53.6 Å². The van der Waals surface area contributed by atoms with Crippen molar-refractivity contribution in [2.45, 2.75) is 43.2 Å².